The minimum atomic E-state index is -0.160. The van der Waals surface area contributed by atoms with Gasteiger partial charge in [-0.15, -0.1) is 0 Å². The van der Waals surface area contributed by atoms with Crippen molar-refractivity contribution >= 4 is 15.9 Å². The Morgan fingerprint density at radius 2 is 2.00 bits per heavy atom. The molecule has 118 valence electrons. The molecule has 0 heterocycles. The molecule has 1 fully saturated rings. The lowest BCUT2D eigenvalue weighted by atomic mass is 9.71. The van der Waals surface area contributed by atoms with Gasteiger partial charge in [0.2, 0.25) is 0 Å². The van der Waals surface area contributed by atoms with E-state index in [-0.39, 0.29) is 17.4 Å². The van der Waals surface area contributed by atoms with Gasteiger partial charge in [0, 0.05) is 16.1 Å². The fraction of sp³-hybridized carbons (Fsp3) is 0.647. The molecule has 0 saturated heterocycles. The van der Waals surface area contributed by atoms with Crippen molar-refractivity contribution in [2.45, 2.75) is 50.6 Å². The van der Waals surface area contributed by atoms with Gasteiger partial charge in [0.25, 0.3) is 0 Å². The van der Waals surface area contributed by atoms with Crippen LogP contribution in [0.3, 0.4) is 0 Å². The van der Waals surface area contributed by atoms with Crippen LogP contribution in [0.4, 0.5) is 4.39 Å². The van der Waals surface area contributed by atoms with Crippen molar-refractivity contribution in [1.29, 1.82) is 0 Å². The second kappa shape index (κ2) is 6.76. The molecule has 2 nitrogen and oxygen atoms in total. The van der Waals surface area contributed by atoms with Gasteiger partial charge < -0.3 is 10.6 Å². The van der Waals surface area contributed by atoms with Crippen molar-refractivity contribution in [1.82, 2.24) is 4.90 Å². The zero-order valence-electron chi connectivity index (χ0n) is 13.2. The Labute approximate surface area is 136 Å². The Morgan fingerprint density at radius 3 is 2.57 bits per heavy atom. The van der Waals surface area contributed by atoms with E-state index < -0.39 is 0 Å². The zero-order chi connectivity index (χ0) is 15.6. The molecule has 1 atom stereocenters. The first-order valence-electron chi connectivity index (χ1n) is 7.72. The number of hydrogen-bond donors (Lipinski definition) is 1. The molecule has 2 rings (SSSR count). The Bertz CT molecular complexity index is 482. The van der Waals surface area contributed by atoms with E-state index in [1.54, 1.807) is 6.07 Å². The molecule has 1 aromatic rings. The average Bonchev–Trinajstić information content (AvgIpc) is 2.43. The molecule has 0 aliphatic heterocycles. The maximum absolute atomic E-state index is 14.0. The molecule has 2 N–H and O–H groups in total. The normalized spacial score (nSPS) is 27.9. The van der Waals surface area contributed by atoms with E-state index in [0.29, 0.717) is 12.0 Å². The molecule has 1 saturated carbocycles. The number of rotatable bonds is 4. The third kappa shape index (κ3) is 3.66. The van der Waals surface area contributed by atoms with E-state index in [2.05, 4.69) is 41.8 Å². The van der Waals surface area contributed by atoms with Gasteiger partial charge in [0.1, 0.15) is 5.82 Å². The lowest BCUT2D eigenvalue weighted by Gasteiger charge is -2.48. The van der Waals surface area contributed by atoms with Gasteiger partial charge in [0.15, 0.2) is 0 Å². The van der Waals surface area contributed by atoms with Crippen molar-refractivity contribution in [2.75, 3.05) is 14.1 Å². The quantitative estimate of drug-likeness (QED) is 0.884. The monoisotopic (exact) mass is 356 g/mol. The Hall–Kier alpha value is -0.450. The topological polar surface area (TPSA) is 29.3 Å². The van der Waals surface area contributed by atoms with E-state index in [0.717, 1.165) is 23.2 Å². The van der Waals surface area contributed by atoms with Crippen LogP contribution in [0.15, 0.2) is 22.7 Å². The number of hydrogen-bond acceptors (Lipinski definition) is 2. The third-order valence-electron chi connectivity index (χ3n) is 5.17. The van der Waals surface area contributed by atoms with E-state index >= 15 is 0 Å². The molecule has 0 aromatic heterocycles. The van der Waals surface area contributed by atoms with Crippen molar-refractivity contribution < 1.29 is 4.39 Å². The van der Waals surface area contributed by atoms with Gasteiger partial charge in [0.05, 0.1) is 0 Å². The molecule has 0 spiro atoms. The number of halogens is 2. The lowest BCUT2D eigenvalue weighted by molar-refractivity contribution is 0.0566. The van der Waals surface area contributed by atoms with E-state index in [9.17, 15) is 4.39 Å². The van der Waals surface area contributed by atoms with E-state index in [1.165, 1.54) is 18.9 Å². The summed E-state index contributed by atoms with van der Waals surface area (Å²) in [6.45, 7) is 2.30. The highest BCUT2D eigenvalue weighted by molar-refractivity contribution is 9.10. The molecule has 0 amide bonds. The Morgan fingerprint density at radius 1 is 1.38 bits per heavy atom. The summed E-state index contributed by atoms with van der Waals surface area (Å²) in [4.78, 5) is 2.26. The first-order valence-corrected chi connectivity index (χ1v) is 8.51. The molecule has 1 unspecified atom stereocenters. The average molecular weight is 357 g/mol. The van der Waals surface area contributed by atoms with E-state index in [1.807, 2.05) is 6.07 Å². The molecule has 21 heavy (non-hydrogen) atoms. The van der Waals surface area contributed by atoms with Crippen molar-refractivity contribution in [3.8, 4) is 0 Å². The molecule has 4 heteroatoms. The van der Waals surface area contributed by atoms with Crippen LogP contribution in [0.2, 0.25) is 0 Å². The zero-order valence-corrected chi connectivity index (χ0v) is 14.8. The summed E-state index contributed by atoms with van der Waals surface area (Å²) in [5.74, 6) is 0.611. The number of benzene rings is 1. The summed E-state index contributed by atoms with van der Waals surface area (Å²) in [6.07, 6.45) is 5.17. The van der Waals surface area contributed by atoms with Crippen LogP contribution in [-0.4, -0.2) is 30.6 Å². The predicted molar refractivity (Wildman–Crippen MR) is 89.8 cm³/mol. The molecule has 0 bridgehead atoms. The number of nitrogens with two attached hydrogens (primary N) is 1. The SMILES string of the molecule is CC1CCC(C(N)Cc2cc(Br)ccc2F)(N(C)C)CC1. The van der Waals surface area contributed by atoms with Crippen LogP contribution in [0.25, 0.3) is 0 Å². The smallest absolute Gasteiger partial charge is 0.126 e. The second-order valence-electron chi connectivity index (χ2n) is 6.73. The van der Waals surface area contributed by atoms with Gasteiger partial charge in [-0.2, -0.15) is 0 Å². The standard InChI is InChI=1S/C17H26BrFN2/c1-12-6-8-17(9-7-12,21(2)3)16(20)11-13-10-14(18)4-5-15(13)19/h4-5,10,12,16H,6-9,11,20H2,1-3H3. The largest absolute Gasteiger partial charge is 0.326 e. The highest BCUT2D eigenvalue weighted by Crippen LogP contribution is 2.38. The summed E-state index contributed by atoms with van der Waals surface area (Å²) in [6, 6.07) is 5.04. The van der Waals surface area contributed by atoms with Crippen molar-refractivity contribution in [3.63, 3.8) is 0 Å². The summed E-state index contributed by atoms with van der Waals surface area (Å²) < 4.78 is 14.9. The fourth-order valence-corrected chi connectivity index (χ4v) is 3.95. The fourth-order valence-electron chi connectivity index (χ4n) is 3.54. The predicted octanol–water partition coefficient (Wildman–Crippen LogP) is 3.97. The van der Waals surface area contributed by atoms with Gasteiger partial charge in [-0.25, -0.2) is 4.39 Å². The lowest BCUT2D eigenvalue weighted by Crippen LogP contribution is -2.59. The van der Waals surface area contributed by atoms with Crippen LogP contribution < -0.4 is 5.73 Å². The third-order valence-corrected chi connectivity index (χ3v) is 5.66. The highest BCUT2D eigenvalue weighted by Gasteiger charge is 2.41. The van der Waals surface area contributed by atoms with Gasteiger partial charge in [-0.1, -0.05) is 22.9 Å². The van der Waals surface area contributed by atoms with Crippen LogP contribution in [-0.2, 0) is 6.42 Å². The minimum absolute atomic E-state index is 0.0126. The maximum Gasteiger partial charge on any atom is 0.126 e. The van der Waals surface area contributed by atoms with Crippen LogP contribution in [0, 0.1) is 11.7 Å². The maximum atomic E-state index is 14.0. The van der Waals surface area contributed by atoms with Gasteiger partial charge in [-0.3, -0.25) is 0 Å². The van der Waals surface area contributed by atoms with Crippen LogP contribution in [0.1, 0.15) is 38.2 Å². The van der Waals surface area contributed by atoms with Gasteiger partial charge >= 0.3 is 0 Å². The molecule has 0 radical (unpaired) electrons. The molecular weight excluding hydrogens is 331 g/mol. The van der Waals surface area contributed by atoms with Crippen LogP contribution >= 0.6 is 15.9 Å². The minimum Gasteiger partial charge on any atom is -0.326 e. The summed E-state index contributed by atoms with van der Waals surface area (Å²) >= 11 is 3.41. The van der Waals surface area contributed by atoms with Gasteiger partial charge in [-0.05, 0) is 75.9 Å². The molecule has 1 aromatic carbocycles. The second-order valence-corrected chi connectivity index (χ2v) is 7.64. The Balaban J connectivity index is 2.19. The first-order chi connectivity index (χ1) is 9.85. The van der Waals surface area contributed by atoms with Crippen LogP contribution in [0.5, 0.6) is 0 Å². The first kappa shape index (κ1) is 16.9. The summed E-state index contributed by atoms with van der Waals surface area (Å²) in [5, 5.41) is 0. The van der Waals surface area contributed by atoms with E-state index in [4.69, 9.17) is 5.73 Å². The van der Waals surface area contributed by atoms with Crippen molar-refractivity contribution in [3.05, 3.63) is 34.1 Å². The Kier molecular flexibility index (Phi) is 5.44. The molecule has 1 aliphatic carbocycles. The number of likely N-dealkylation sites (N-methyl/N-ethyl adjacent to an activating group) is 1. The molecule has 1 aliphatic rings. The molecular formula is C17H26BrFN2. The highest BCUT2D eigenvalue weighted by atomic mass is 79.9. The number of nitrogens with zero attached hydrogens (tertiary/aromatic N) is 1. The summed E-state index contributed by atoms with van der Waals surface area (Å²) in [7, 11) is 4.21. The summed E-state index contributed by atoms with van der Waals surface area (Å²) in [5.41, 5.74) is 7.25. The van der Waals surface area contributed by atoms with Crippen molar-refractivity contribution in [2.24, 2.45) is 11.7 Å².